The third-order valence-corrected chi connectivity index (χ3v) is 4.88. The van der Waals surface area contributed by atoms with Crippen molar-refractivity contribution in [2.24, 2.45) is 5.41 Å². The molecule has 1 spiro atoms. The van der Waals surface area contributed by atoms with Crippen molar-refractivity contribution in [3.63, 3.8) is 0 Å². The van der Waals surface area contributed by atoms with Crippen LogP contribution in [0.15, 0.2) is 12.4 Å². The summed E-state index contributed by atoms with van der Waals surface area (Å²) >= 11 is 0. The fourth-order valence-electron chi connectivity index (χ4n) is 3.28. The van der Waals surface area contributed by atoms with E-state index in [0.717, 1.165) is 24.6 Å². The molecule has 0 bridgehead atoms. The zero-order valence-corrected chi connectivity index (χ0v) is 13.2. The monoisotopic (exact) mass is 274 g/mol. The van der Waals surface area contributed by atoms with E-state index in [-0.39, 0.29) is 0 Å². The quantitative estimate of drug-likeness (QED) is 0.787. The van der Waals surface area contributed by atoms with Gasteiger partial charge in [-0.05, 0) is 51.5 Å². The summed E-state index contributed by atoms with van der Waals surface area (Å²) in [6.45, 7) is 13.7. The second-order valence-corrected chi connectivity index (χ2v) is 7.57. The number of nitrogens with zero attached hydrogens (tertiary/aromatic N) is 4. The van der Waals surface area contributed by atoms with Gasteiger partial charge in [0.15, 0.2) is 0 Å². The fraction of sp³-hybridized carbons (Fsp3) is 0.750. The SMILES string of the molecule is Cc1cnc(N2CCC3(CC2)CN(C(C)(C)C)C3)nc1. The summed E-state index contributed by atoms with van der Waals surface area (Å²) in [5.74, 6) is 0.900. The van der Waals surface area contributed by atoms with Crippen LogP contribution in [0.3, 0.4) is 0 Å². The van der Waals surface area contributed by atoms with Gasteiger partial charge < -0.3 is 4.90 Å². The van der Waals surface area contributed by atoms with Gasteiger partial charge in [0.2, 0.25) is 5.95 Å². The second-order valence-electron chi connectivity index (χ2n) is 7.57. The number of piperidine rings is 1. The van der Waals surface area contributed by atoms with Gasteiger partial charge in [0.1, 0.15) is 0 Å². The maximum Gasteiger partial charge on any atom is 0.225 e. The lowest BCUT2D eigenvalue weighted by atomic mass is 9.70. The standard InChI is InChI=1S/C16H26N4/c1-13-9-17-14(18-10-13)19-7-5-16(6-8-19)11-20(12-16)15(2,3)4/h9-10H,5-8,11-12H2,1-4H3. The molecule has 2 aliphatic rings. The lowest BCUT2D eigenvalue weighted by Gasteiger charge is -2.58. The van der Waals surface area contributed by atoms with Gasteiger partial charge in [0, 0.05) is 44.1 Å². The highest BCUT2D eigenvalue weighted by atomic mass is 15.3. The van der Waals surface area contributed by atoms with Gasteiger partial charge in [-0.2, -0.15) is 0 Å². The molecule has 3 heterocycles. The van der Waals surface area contributed by atoms with E-state index < -0.39 is 0 Å². The highest BCUT2D eigenvalue weighted by Crippen LogP contribution is 2.43. The zero-order chi connectivity index (χ0) is 14.4. The molecule has 1 aromatic rings. The van der Waals surface area contributed by atoms with Gasteiger partial charge in [-0.3, -0.25) is 4.90 Å². The van der Waals surface area contributed by atoms with E-state index in [4.69, 9.17) is 0 Å². The molecule has 110 valence electrons. The minimum absolute atomic E-state index is 0.322. The van der Waals surface area contributed by atoms with Crippen LogP contribution >= 0.6 is 0 Å². The smallest absolute Gasteiger partial charge is 0.225 e. The minimum atomic E-state index is 0.322. The number of rotatable bonds is 1. The summed E-state index contributed by atoms with van der Waals surface area (Å²) in [5.41, 5.74) is 2.01. The van der Waals surface area contributed by atoms with Gasteiger partial charge in [0.05, 0.1) is 0 Å². The lowest BCUT2D eigenvalue weighted by Crippen LogP contribution is -2.65. The first kappa shape index (κ1) is 13.8. The molecule has 1 aromatic heterocycles. The van der Waals surface area contributed by atoms with Crippen molar-refractivity contribution in [2.75, 3.05) is 31.1 Å². The Balaban J connectivity index is 1.57. The molecule has 3 rings (SSSR count). The number of anilines is 1. The van der Waals surface area contributed by atoms with E-state index in [1.54, 1.807) is 0 Å². The summed E-state index contributed by atoms with van der Waals surface area (Å²) in [6, 6.07) is 0. The predicted octanol–water partition coefficient (Wildman–Crippen LogP) is 2.49. The average Bonchev–Trinajstić information content (AvgIpc) is 2.36. The van der Waals surface area contributed by atoms with Gasteiger partial charge >= 0.3 is 0 Å². The second kappa shape index (κ2) is 4.69. The van der Waals surface area contributed by atoms with Crippen molar-refractivity contribution in [1.29, 1.82) is 0 Å². The molecular formula is C16H26N4. The Morgan fingerprint density at radius 1 is 1.05 bits per heavy atom. The summed E-state index contributed by atoms with van der Waals surface area (Å²) in [7, 11) is 0. The van der Waals surface area contributed by atoms with Crippen molar-refractivity contribution in [3.8, 4) is 0 Å². The van der Waals surface area contributed by atoms with Crippen molar-refractivity contribution in [1.82, 2.24) is 14.9 Å². The average molecular weight is 274 g/mol. The van der Waals surface area contributed by atoms with Crippen molar-refractivity contribution < 1.29 is 0 Å². The highest BCUT2D eigenvalue weighted by molar-refractivity contribution is 5.31. The van der Waals surface area contributed by atoms with Crippen molar-refractivity contribution in [2.45, 2.75) is 46.1 Å². The van der Waals surface area contributed by atoms with Gasteiger partial charge in [-0.1, -0.05) is 0 Å². The van der Waals surface area contributed by atoms with Crippen LogP contribution in [-0.2, 0) is 0 Å². The molecule has 0 aliphatic carbocycles. The molecule has 2 fully saturated rings. The molecular weight excluding hydrogens is 248 g/mol. The Bertz CT molecular complexity index is 458. The Morgan fingerprint density at radius 3 is 2.10 bits per heavy atom. The molecule has 2 aliphatic heterocycles. The highest BCUT2D eigenvalue weighted by Gasteiger charge is 2.48. The summed E-state index contributed by atoms with van der Waals surface area (Å²) in [6.07, 6.45) is 6.38. The minimum Gasteiger partial charge on any atom is -0.341 e. The van der Waals surface area contributed by atoms with E-state index in [0.29, 0.717) is 11.0 Å². The Kier molecular flexibility index (Phi) is 3.24. The largest absolute Gasteiger partial charge is 0.341 e. The van der Waals surface area contributed by atoms with E-state index in [2.05, 4.69) is 40.5 Å². The maximum atomic E-state index is 4.45. The molecule has 20 heavy (non-hydrogen) atoms. The lowest BCUT2D eigenvalue weighted by molar-refractivity contribution is -0.0718. The Hall–Kier alpha value is -1.16. The van der Waals surface area contributed by atoms with Crippen LogP contribution in [0.5, 0.6) is 0 Å². The van der Waals surface area contributed by atoms with E-state index in [1.165, 1.54) is 25.9 Å². The first-order valence-corrected chi connectivity index (χ1v) is 7.67. The molecule has 0 unspecified atom stereocenters. The van der Waals surface area contributed by atoms with Gasteiger partial charge in [-0.15, -0.1) is 0 Å². The van der Waals surface area contributed by atoms with Crippen LogP contribution in [-0.4, -0.2) is 46.6 Å². The van der Waals surface area contributed by atoms with E-state index >= 15 is 0 Å². The first-order chi connectivity index (χ1) is 9.38. The summed E-state index contributed by atoms with van der Waals surface area (Å²) in [4.78, 5) is 13.8. The van der Waals surface area contributed by atoms with E-state index in [1.807, 2.05) is 19.3 Å². The molecule has 0 amide bonds. The third-order valence-electron chi connectivity index (χ3n) is 4.88. The zero-order valence-electron chi connectivity index (χ0n) is 13.2. The summed E-state index contributed by atoms with van der Waals surface area (Å²) < 4.78 is 0. The van der Waals surface area contributed by atoms with E-state index in [9.17, 15) is 0 Å². The fourth-order valence-corrected chi connectivity index (χ4v) is 3.28. The molecule has 0 radical (unpaired) electrons. The van der Waals surface area contributed by atoms with Crippen LogP contribution in [0.4, 0.5) is 5.95 Å². The molecule has 0 saturated carbocycles. The molecule has 4 nitrogen and oxygen atoms in total. The number of likely N-dealkylation sites (tertiary alicyclic amines) is 1. The van der Waals surface area contributed by atoms with Gasteiger partial charge in [-0.25, -0.2) is 9.97 Å². The van der Waals surface area contributed by atoms with Crippen LogP contribution < -0.4 is 4.90 Å². The molecule has 2 saturated heterocycles. The normalized spacial score (nSPS) is 22.9. The maximum absolute atomic E-state index is 4.45. The molecule has 4 heteroatoms. The first-order valence-electron chi connectivity index (χ1n) is 7.67. The number of aromatic nitrogens is 2. The predicted molar refractivity (Wildman–Crippen MR) is 82.0 cm³/mol. The van der Waals surface area contributed by atoms with Crippen LogP contribution in [0.2, 0.25) is 0 Å². The summed E-state index contributed by atoms with van der Waals surface area (Å²) in [5, 5.41) is 0. The molecule has 0 aromatic carbocycles. The van der Waals surface area contributed by atoms with Gasteiger partial charge in [0.25, 0.3) is 0 Å². The molecule has 0 atom stereocenters. The molecule has 0 N–H and O–H groups in total. The topological polar surface area (TPSA) is 32.3 Å². The number of hydrogen-bond donors (Lipinski definition) is 0. The van der Waals surface area contributed by atoms with Crippen LogP contribution in [0.1, 0.15) is 39.2 Å². The Morgan fingerprint density at radius 2 is 1.60 bits per heavy atom. The van der Waals surface area contributed by atoms with Crippen molar-refractivity contribution in [3.05, 3.63) is 18.0 Å². The van der Waals surface area contributed by atoms with Crippen molar-refractivity contribution >= 4 is 5.95 Å². The Labute approximate surface area is 122 Å². The third kappa shape index (κ3) is 2.53. The van der Waals surface area contributed by atoms with Crippen LogP contribution in [0.25, 0.3) is 0 Å². The van der Waals surface area contributed by atoms with Crippen LogP contribution in [0, 0.1) is 12.3 Å². The number of aryl methyl sites for hydroxylation is 1. The number of hydrogen-bond acceptors (Lipinski definition) is 4.